The Morgan fingerprint density at radius 1 is 1.47 bits per heavy atom. The molecule has 3 heterocycles. The van der Waals surface area contributed by atoms with E-state index in [0.29, 0.717) is 12.4 Å². The van der Waals surface area contributed by atoms with Crippen molar-refractivity contribution in [1.29, 1.82) is 0 Å². The van der Waals surface area contributed by atoms with Crippen LogP contribution in [0.2, 0.25) is 0 Å². The van der Waals surface area contributed by atoms with Gasteiger partial charge in [-0.3, -0.25) is 9.78 Å². The third-order valence-corrected chi connectivity index (χ3v) is 3.54. The smallest absolute Gasteiger partial charge is 0.225 e. The number of anilines is 2. The van der Waals surface area contributed by atoms with Crippen LogP contribution in [0.3, 0.4) is 0 Å². The minimum Gasteiger partial charge on any atom is -0.382 e. The molecule has 6 nitrogen and oxygen atoms in total. The quantitative estimate of drug-likeness (QED) is 0.700. The molecule has 6 heteroatoms. The number of nitrogens with two attached hydrogens (primary N) is 1. The van der Waals surface area contributed by atoms with Gasteiger partial charge in [-0.15, -0.1) is 0 Å². The van der Waals surface area contributed by atoms with Gasteiger partial charge in [-0.2, -0.15) is 0 Å². The first kappa shape index (κ1) is 10.3. The van der Waals surface area contributed by atoms with Gasteiger partial charge < -0.3 is 16.0 Å². The summed E-state index contributed by atoms with van der Waals surface area (Å²) in [6.07, 6.45) is 5.21. The highest BCUT2D eigenvalue weighted by atomic mass is 16.2. The standard InChI is InChI=1S/C11H15N5O/c12-9-5-13-6-10(15-9)16-3-1-2-7-8(16)4-14-11(7)17/h5-8H,1-4H2,(H2,12,15)(H,14,17). The van der Waals surface area contributed by atoms with Gasteiger partial charge in [0.15, 0.2) is 0 Å². The number of rotatable bonds is 1. The van der Waals surface area contributed by atoms with Crippen molar-refractivity contribution in [3.8, 4) is 0 Å². The molecule has 90 valence electrons. The molecule has 2 aliphatic rings. The minimum absolute atomic E-state index is 0.0898. The average molecular weight is 233 g/mol. The molecule has 1 aromatic heterocycles. The van der Waals surface area contributed by atoms with E-state index in [4.69, 9.17) is 5.73 Å². The van der Waals surface area contributed by atoms with Gasteiger partial charge in [-0.1, -0.05) is 0 Å². The second-order valence-electron chi connectivity index (χ2n) is 4.56. The van der Waals surface area contributed by atoms with E-state index in [9.17, 15) is 4.79 Å². The summed E-state index contributed by atoms with van der Waals surface area (Å²) >= 11 is 0. The van der Waals surface area contributed by atoms with E-state index in [-0.39, 0.29) is 17.9 Å². The van der Waals surface area contributed by atoms with Gasteiger partial charge in [0, 0.05) is 13.1 Å². The number of carbonyl (C=O) groups excluding carboxylic acids is 1. The van der Waals surface area contributed by atoms with Crippen molar-refractivity contribution in [3.05, 3.63) is 12.4 Å². The van der Waals surface area contributed by atoms with Crippen LogP contribution in [0.5, 0.6) is 0 Å². The number of carbonyl (C=O) groups is 1. The Hall–Kier alpha value is -1.85. The number of nitrogens with zero attached hydrogens (tertiary/aromatic N) is 3. The maximum absolute atomic E-state index is 11.7. The van der Waals surface area contributed by atoms with Gasteiger partial charge >= 0.3 is 0 Å². The average Bonchev–Trinajstić information content (AvgIpc) is 2.71. The number of amides is 1. The van der Waals surface area contributed by atoms with E-state index < -0.39 is 0 Å². The number of piperidine rings is 1. The summed E-state index contributed by atoms with van der Waals surface area (Å²) in [4.78, 5) is 22.1. The molecule has 3 rings (SSSR count). The van der Waals surface area contributed by atoms with E-state index in [0.717, 1.165) is 25.2 Å². The molecule has 1 aromatic rings. The van der Waals surface area contributed by atoms with Gasteiger partial charge in [0.05, 0.1) is 24.4 Å². The zero-order valence-electron chi connectivity index (χ0n) is 9.47. The van der Waals surface area contributed by atoms with Crippen LogP contribution in [0.4, 0.5) is 11.6 Å². The molecular formula is C11H15N5O. The van der Waals surface area contributed by atoms with Crippen LogP contribution < -0.4 is 16.0 Å². The molecule has 2 unspecified atom stereocenters. The lowest BCUT2D eigenvalue weighted by Gasteiger charge is -2.36. The van der Waals surface area contributed by atoms with Crippen LogP contribution in [0.25, 0.3) is 0 Å². The normalized spacial score (nSPS) is 27.8. The van der Waals surface area contributed by atoms with Gasteiger partial charge in [-0.05, 0) is 12.8 Å². The molecule has 2 saturated heterocycles. The number of hydrogen-bond donors (Lipinski definition) is 2. The van der Waals surface area contributed by atoms with Crippen molar-refractivity contribution in [2.24, 2.45) is 5.92 Å². The third-order valence-electron chi connectivity index (χ3n) is 3.54. The monoisotopic (exact) mass is 233 g/mol. The number of hydrogen-bond acceptors (Lipinski definition) is 5. The number of nitrogen functional groups attached to an aromatic ring is 1. The van der Waals surface area contributed by atoms with E-state index in [1.807, 2.05) is 0 Å². The highest BCUT2D eigenvalue weighted by Crippen LogP contribution is 2.30. The molecule has 2 aliphatic heterocycles. The molecule has 0 aromatic carbocycles. The molecule has 0 bridgehead atoms. The maximum atomic E-state index is 11.7. The Balaban J connectivity index is 1.90. The van der Waals surface area contributed by atoms with Crippen molar-refractivity contribution in [2.45, 2.75) is 18.9 Å². The first-order valence-corrected chi connectivity index (χ1v) is 5.87. The zero-order chi connectivity index (χ0) is 11.8. The van der Waals surface area contributed by atoms with Crippen LogP contribution in [-0.4, -0.2) is 35.0 Å². The summed E-state index contributed by atoms with van der Waals surface area (Å²) in [7, 11) is 0. The maximum Gasteiger partial charge on any atom is 0.225 e. The molecule has 3 N–H and O–H groups in total. The summed E-state index contributed by atoms with van der Waals surface area (Å²) in [5.41, 5.74) is 5.65. The largest absolute Gasteiger partial charge is 0.382 e. The molecule has 2 fully saturated rings. The van der Waals surface area contributed by atoms with Crippen LogP contribution in [0, 0.1) is 5.92 Å². The fourth-order valence-electron chi connectivity index (χ4n) is 2.74. The Bertz CT molecular complexity index is 449. The summed E-state index contributed by atoms with van der Waals surface area (Å²) in [5, 5.41) is 2.92. The number of aromatic nitrogens is 2. The van der Waals surface area contributed by atoms with Gasteiger partial charge in [0.25, 0.3) is 0 Å². The fraction of sp³-hybridized carbons (Fsp3) is 0.545. The highest BCUT2D eigenvalue weighted by molar-refractivity contribution is 5.83. The lowest BCUT2D eigenvalue weighted by molar-refractivity contribution is -0.122. The van der Waals surface area contributed by atoms with Crippen molar-refractivity contribution in [1.82, 2.24) is 15.3 Å². The van der Waals surface area contributed by atoms with E-state index >= 15 is 0 Å². The molecule has 0 aliphatic carbocycles. The molecular weight excluding hydrogens is 218 g/mol. The minimum atomic E-state index is 0.0898. The van der Waals surface area contributed by atoms with Crippen molar-refractivity contribution >= 4 is 17.5 Å². The fourth-order valence-corrected chi connectivity index (χ4v) is 2.74. The number of nitrogens with one attached hydrogen (secondary N) is 1. The molecule has 0 saturated carbocycles. The van der Waals surface area contributed by atoms with E-state index in [1.54, 1.807) is 6.20 Å². The Kier molecular flexibility index (Phi) is 2.35. The molecule has 0 radical (unpaired) electrons. The van der Waals surface area contributed by atoms with E-state index in [2.05, 4.69) is 20.2 Å². The lowest BCUT2D eigenvalue weighted by atomic mass is 9.91. The Morgan fingerprint density at radius 3 is 3.18 bits per heavy atom. The van der Waals surface area contributed by atoms with Crippen LogP contribution in [0.1, 0.15) is 12.8 Å². The summed E-state index contributed by atoms with van der Waals surface area (Å²) < 4.78 is 0. The predicted octanol–water partition coefficient (Wildman–Crippen LogP) is -0.226. The third kappa shape index (κ3) is 1.69. The SMILES string of the molecule is Nc1cncc(N2CCCC3C(=O)NCC32)n1. The zero-order valence-corrected chi connectivity index (χ0v) is 9.47. The summed E-state index contributed by atoms with van der Waals surface area (Å²) in [5.74, 6) is 1.45. The van der Waals surface area contributed by atoms with Crippen LogP contribution >= 0.6 is 0 Å². The van der Waals surface area contributed by atoms with Crippen LogP contribution in [0.15, 0.2) is 12.4 Å². The Labute approximate surface area is 99.2 Å². The summed E-state index contributed by atoms with van der Waals surface area (Å²) in [6.45, 7) is 1.61. The van der Waals surface area contributed by atoms with Gasteiger partial charge in [-0.25, -0.2) is 4.98 Å². The van der Waals surface area contributed by atoms with Crippen molar-refractivity contribution < 1.29 is 4.79 Å². The first-order valence-electron chi connectivity index (χ1n) is 5.87. The predicted molar refractivity (Wildman–Crippen MR) is 63.3 cm³/mol. The molecule has 1 amide bonds. The lowest BCUT2D eigenvalue weighted by Crippen LogP contribution is -2.46. The second kappa shape index (κ2) is 3.87. The second-order valence-corrected chi connectivity index (χ2v) is 4.56. The highest BCUT2D eigenvalue weighted by Gasteiger charge is 2.41. The number of fused-ring (bicyclic) bond motifs is 1. The summed E-state index contributed by atoms with van der Waals surface area (Å²) in [6, 6.07) is 0.201. The first-order chi connectivity index (χ1) is 8.25. The molecule has 17 heavy (non-hydrogen) atoms. The Morgan fingerprint density at radius 2 is 2.35 bits per heavy atom. The topological polar surface area (TPSA) is 84.1 Å². The molecule has 2 atom stereocenters. The molecule has 0 spiro atoms. The van der Waals surface area contributed by atoms with E-state index in [1.165, 1.54) is 6.20 Å². The van der Waals surface area contributed by atoms with Crippen molar-refractivity contribution in [3.63, 3.8) is 0 Å². The van der Waals surface area contributed by atoms with Gasteiger partial charge in [0.2, 0.25) is 5.91 Å². The van der Waals surface area contributed by atoms with Gasteiger partial charge in [0.1, 0.15) is 11.6 Å². The van der Waals surface area contributed by atoms with Crippen LogP contribution in [-0.2, 0) is 4.79 Å². The van der Waals surface area contributed by atoms with Crippen molar-refractivity contribution in [2.75, 3.05) is 23.7 Å².